The van der Waals surface area contributed by atoms with Crippen LogP contribution in [0.1, 0.15) is 76.7 Å². The number of ether oxygens (including phenoxy) is 1. The van der Waals surface area contributed by atoms with E-state index in [9.17, 15) is 19.8 Å². The van der Waals surface area contributed by atoms with Crippen molar-refractivity contribution in [2.45, 2.75) is 89.4 Å². The number of carbonyl (C=O) groups excluding carboxylic acids is 2. The number of para-hydroxylation sites is 1. The number of nitrogens with one attached hydrogen (secondary N) is 1. The minimum absolute atomic E-state index is 0.0885. The van der Waals surface area contributed by atoms with Crippen molar-refractivity contribution in [1.29, 1.82) is 0 Å². The summed E-state index contributed by atoms with van der Waals surface area (Å²) in [5, 5.41) is 24.0. The van der Waals surface area contributed by atoms with Crippen molar-refractivity contribution in [1.82, 2.24) is 10.2 Å². The normalized spacial score (nSPS) is 34.3. The average Bonchev–Trinajstić information content (AvgIpc) is 3.59. The largest absolute Gasteiger partial charge is 0.486 e. The SMILES string of the molecule is CC1(C)C2CCC(CN(C(=O)CC3CCCC3)C3C=C(C(=O)NCCO)C4c5ccccc5OC4C3O)C1C2. The van der Waals surface area contributed by atoms with Gasteiger partial charge in [-0.3, -0.25) is 9.59 Å². The Morgan fingerprint density at radius 1 is 1.13 bits per heavy atom. The van der Waals surface area contributed by atoms with Crippen LogP contribution in [0.3, 0.4) is 0 Å². The predicted octanol–water partition coefficient (Wildman–Crippen LogP) is 3.79. The third kappa shape index (κ3) is 4.69. The number of nitrogens with zero attached hydrogens (tertiary/aromatic N) is 1. The lowest BCUT2D eigenvalue weighted by Crippen LogP contribution is -2.59. The standard InChI is InChI=1S/C32H44N2O5/c1-32(2)21-12-11-20(24(32)16-21)18-34(27(36)15-19-7-3-4-8-19)25-17-23(31(38)33-13-14-35)28-22-9-5-6-10-26(22)39-30(28)29(25)37/h5-6,9-10,17,19-21,24-25,28-30,35,37H,3-4,7-8,11-16,18H2,1-2H3,(H,33,38). The summed E-state index contributed by atoms with van der Waals surface area (Å²) in [6.45, 7) is 5.35. The minimum Gasteiger partial charge on any atom is -0.486 e. The molecule has 6 aliphatic rings. The molecule has 212 valence electrons. The van der Waals surface area contributed by atoms with Gasteiger partial charge >= 0.3 is 0 Å². The third-order valence-electron chi connectivity index (χ3n) is 10.9. The molecule has 0 spiro atoms. The zero-order valence-electron chi connectivity index (χ0n) is 23.4. The van der Waals surface area contributed by atoms with Gasteiger partial charge in [0.15, 0.2) is 0 Å². The molecule has 7 unspecified atom stereocenters. The van der Waals surface area contributed by atoms with E-state index < -0.39 is 24.2 Å². The number of amides is 2. The van der Waals surface area contributed by atoms with Gasteiger partial charge in [-0.25, -0.2) is 0 Å². The Bertz CT molecular complexity index is 1120. The second kappa shape index (κ2) is 10.5. The van der Waals surface area contributed by atoms with Gasteiger partial charge in [-0.2, -0.15) is 0 Å². The molecule has 7 rings (SSSR count). The van der Waals surface area contributed by atoms with Gasteiger partial charge in [0.25, 0.3) is 0 Å². The van der Waals surface area contributed by atoms with Gasteiger partial charge in [-0.05, 0) is 73.3 Å². The van der Waals surface area contributed by atoms with Crippen LogP contribution in [-0.2, 0) is 9.59 Å². The lowest BCUT2D eigenvalue weighted by molar-refractivity contribution is -0.147. The van der Waals surface area contributed by atoms with E-state index in [0.717, 1.165) is 30.7 Å². The van der Waals surface area contributed by atoms with Crippen LogP contribution in [0.5, 0.6) is 5.75 Å². The molecule has 7 heteroatoms. The molecule has 1 aromatic carbocycles. The molecule has 39 heavy (non-hydrogen) atoms. The third-order valence-corrected chi connectivity index (χ3v) is 10.9. The van der Waals surface area contributed by atoms with Crippen LogP contribution >= 0.6 is 0 Å². The molecule has 7 nitrogen and oxygen atoms in total. The Balaban J connectivity index is 1.35. The Labute approximate surface area is 232 Å². The van der Waals surface area contributed by atoms with Crippen molar-refractivity contribution in [3.05, 3.63) is 41.5 Å². The fourth-order valence-electron chi connectivity index (χ4n) is 8.59. The van der Waals surface area contributed by atoms with Gasteiger partial charge in [0.2, 0.25) is 11.8 Å². The zero-order chi connectivity index (χ0) is 27.3. The van der Waals surface area contributed by atoms with Gasteiger partial charge in [-0.15, -0.1) is 0 Å². The van der Waals surface area contributed by atoms with Crippen LogP contribution in [-0.4, -0.2) is 64.9 Å². The summed E-state index contributed by atoms with van der Waals surface area (Å²) in [6, 6.07) is 6.99. The molecule has 4 saturated carbocycles. The maximum absolute atomic E-state index is 14.1. The number of fused-ring (bicyclic) bond motifs is 5. The number of rotatable bonds is 8. The Hall–Kier alpha value is -2.38. The molecule has 5 aliphatic carbocycles. The second-order valence-electron chi connectivity index (χ2n) is 13.3. The van der Waals surface area contributed by atoms with Crippen molar-refractivity contribution in [3.8, 4) is 5.75 Å². The van der Waals surface area contributed by atoms with Crippen LogP contribution in [0.4, 0.5) is 0 Å². The van der Waals surface area contributed by atoms with Crippen molar-refractivity contribution in [2.24, 2.45) is 29.1 Å². The highest BCUT2D eigenvalue weighted by molar-refractivity contribution is 5.96. The second-order valence-corrected chi connectivity index (χ2v) is 13.3. The van der Waals surface area contributed by atoms with Gasteiger partial charge in [-0.1, -0.05) is 44.9 Å². The Kier molecular flexibility index (Phi) is 7.25. The molecule has 4 fully saturated rings. The maximum Gasteiger partial charge on any atom is 0.247 e. The molecule has 2 bridgehead atoms. The van der Waals surface area contributed by atoms with Crippen molar-refractivity contribution in [2.75, 3.05) is 19.7 Å². The maximum atomic E-state index is 14.1. The summed E-state index contributed by atoms with van der Waals surface area (Å²) in [4.78, 5) is 29.4. The van der Waals surface area contributed by atoms with Crippen LogP contribution < -0.4 is 10.1 Å². The van der Waals surface area contributed by atoms with Crippen LogP contribution in [0, 0.1) is 29.1 Å². The number of hydrogen-bond donors (Lipinski definition) is 3. The van der Waals surface area contributed by atoms with E-state index in [-0.39, 0.29) is 25.0 Å². The number of aliphatic hydroxyl groups excluding tert-OH is 2. The van der Waals surface area contributed by atoms with E-state index in [0.29, 0.717) is 47.5 Å². The zero-order valence-corrected chi connectivity index (χ0v) is 23.4. The van der Waals surface area contributed by atoms with Crippen LogP contribution in [0.15, 0.2) is 35.9 Å². The molecular formula is C32H44N2O5. The van der Waals surface area contributed by atoms with E-state index in [1.54, 1.807) is 0 Å². The minimum atomic E-state index is -0.949. The van der Waals surface area contributed by atoms with E-state index in [1.807, 2.05) is 35.2 Å². The van der Waals surface area contributed by atoms with E-state index in [4.69, 9.17) is 4.74 Å². The molecular weight excluding hydrogens is 492 g/mol. The van der Waals surface area contributed by atoms with Gasteiger partial charge < -0.3 is 25.2 Å². The molecule has 0 radical (unpaired) electrons. The number of carbonyl (C=O) groups is 2. The predicted molar refractivity (Wildman–Crippen MR) is 148 cm³/mol. The number of aliphatic hydroxyl groups is 2. The Morgan fingerprint density at radius 3 is 2.62 bits per heavy atom. The topological polar surface area (TPSA) is 99.1 Å². The highest BCUT2D eigenvalue weighted by Gasteiger charge is 2.56. The number of benzene rings is 1. The van der Waals surface area contributed by atoms with Crippen molar-refractivity contribution in [3.63, 3.8) is 0 Å². The van der Waals surface area contributed by atoms with E-state index in [1.165, 1.54) is 25.7 Å². The monoisotopic (exact) mass is 536 g/mol. The van der Waals surface area contributed by atoms with E-state index >= 15 is 0 Å². The molecule has 2 amide bonds. The summed E-state index contributed by atoms with van der Waals surface area (Å²) >= 11 is 0. The highest BCUT2D eigenvalue weighted by Crippen LogP contribution is 2.61. The summed E-state index contributed by atoms with van der Waals surface area (Å²) in [5.74, 6) is 2.21. The van der Waals surface area contributed by atoms with Gasteiger partial charge in [0, 0.05) is 30.6 Å². The first-order valence-electron chi connectivity index (χ1n) is 15.1. The molecule has 3 N–H and O–H groups in total. The highest BCUT2D eigenvalue weighted by atomic mass is 16.5. The van der Waals surface area contributed by atoms with Crippen LogP contribution in [0.2, 0.25) is 0 Å². The average molecular weight is 537 g/mol. The summed E-state index contributed by atoms with van der Waals surface area (Å²) in [6.07, 6.45) is 8.79. The quantitative estimate of drug-likeness (QED) is 0.470. The summed E-state index contributed by atoms with van der Waals surface area (Å²) in [5.41, 5.74) is 1.68. The fourth-order valence-corrected chi connectivity index (χ4v) is 8.59. The molecule has 1 aliphatic heterocycles. The first kappa shape index (κ1) is 26.8. The molecule has 0 aromatic heterocycles. The summed E-state index contributed by atoms with van der Waals surface area (Å²) < 4.78 is 6.30. The first-order valence-corrected chi connectivity index (χ1v) is 15.1. The lowest BCUT2D eigenvalue weighted by atomic mass is 9.45. The molecule has 1 heterocycles. The number of hydrogen-bond acceptors (Lipinski definition) is 5. The van der Waals surface area contributed by atoms with Gasteiger partial charge in [0.1, 0.15) is 18.0 Å². The Morgan fingerprint density at radius 2 is 1.90 bits per heavy atom. The molecule has 0 saturated heterocycles. The van der Waals surface area contributed by atoms with E-state index in [2.05, 4.69) is 19.2 Å². The van der Waals surface area contributed by atoms with Gasteiger partial charge in [0.05, 0.1) is 18.6 Å². The first-order chi connectivity index (χ1) is 18.8. The fraction of sp³-hybridized carbons (Fsp3) is 0.688. The van der Waals surface area contributed by atoms with Crippen LogP contribution in [0.25, 0.3) is 0 Å². The van der Waals surface area contributed by atoms with Crippen molar-refractivity contribution >= 4 is 11.8 Å². The molecule has 1 aromatic rings. The molecule has 7 atom stereocenters. The van der Waals surface area contributed by atoms with Crippen molar-refractivity contribution < 1.29 is 24.5 Å². The lowest BCUT2D eigenvalue weighted by Gasteiger charge is -2.61. The summed E-state index contributed by atoms with van der Waals surface area (Å²) in [7, 11) is 0. The smallest absolute Gasteiger partial charge is 0.247 e.